The van der Waals surface area contributed by atoms with Gasteiger partial charge in [0, 0.05) is 24.5 Å². The third kappa shape index (κ3) is 2.14. The number of anilines is 2. The second kappa shape index (κ2) is 4.49. The van der Waals surface area contributed by atoms with Crippen LogP contribution in [0.2, 0.25) is 0 Å². The summed E-state index contributed by atoms with van der Waals surface area (Å²) < 4.78 is 4.10. The van der Waals surface area contributed by atoms with Crippen LogP contribution in [0.25, 0.3) is 0 Å². The minimum Gasteiger partial charge on any atom is -0.383 e. The van der Waals surface area contributed by atoms with Crippen LogP contribution >= 0.6 is 11.5 Å². The van der Waals surface area contributed by atoms with Gasteiger partial charge in [0.05, 0.1) is 0 Å². The van der Waals surface area contributed by atoms with E-state index in [4.69, 9.17) is 5.73 Å². The Morgan fingerprint density at radius 3 is 2.88 bits per heavy atom. The lowest BCUT2D eigenvalue weighted by molar-refractivity contribution is 1.09. The molecule has 84 valence electrons. The van der Waals surface area contributed by atoms with Crippen molar-refractivity contribution >= 4 is 22.4 Å². The number of hydrogen-bond acceptors (Lipinski definition) is 5. The number of nitrogens with two attached hydrogens (primary N) is 1. The molecule has 2 aromatic heterocycles. The summed E-state index contributed by atoms with van der Waals surface area (Å²) in [6, 6.07) is 2.02. The highest BCUT2D eigenvalue weighted by atomic mass is 32.1. The molecule has 3 N–H and O–H groups in total. The molecule has 0 bridgehead atoms. The van der Waals surface area contributed by atoms with Gasteiger partial charge in [0.15, 0.2) is 0 Å². The van der Waals surface area contributed by atoms with Crippen molar-refractivity contribution in [1.29, 1.82) is 0 Å². The van der Waals surface area contributed by atoms with Gasteiger partial charge in [-0.2, -0.15) is 4.37 Å². The van der Waals surface area contributed by atoms with Crippen LogP contribution in [-0.2, 0) is 6.54 Å². The first-order valence-corrected chi connectivity index (χ1v) is 5.81. The minimum absolute atomic E-state index is 0.610. The number of nitrogens with one attached hydrogen (secondary N) is 1. The molecule has 0 fully saturated rings. The molecule has 16 heavy (non-hydrogen) atoms. The van der Waals surface area contributed by atoms with E-state index in [9.17, 15) is 0 Å². The molecule has 5 heteroatoms. The van der Waals surface area contributed by atoms with E-state index in [-0.39, 0.29) is 0 Å². The summed E-state index contributed by atoms with van der Waals surface area (Å²) in [6.07, 6.45) is 3.67. The van der Waals surface area contributed by atoms with Crippen molar-refractivity contribution in [2.24, 2.45) is 0 Å². The maximum atomic E-state index is 5.69. The molecule has 0 saturated heterocycles. The van der Waals surface area contributed by atoms with Gasteiger partial charge >= 0.3 is 0 Å². The Morgan fingerprint density at radius 2 is 2.25 bits per heavy atom. The number of rotatable bonds is 3. The molecule has 0 amide bonds. The van der Waals surface area contributed by atoms with Crippen LogP contribution in [0, 0.1) is 13.8 Å². The third-order valence-corrected chi connectivity index (χ3v) is 3.46. The highest BCUT2D eigenvalue weighted by Crippen LogP contribution is 2.25. The number of nitrogen functional groups attached to an aromatic ring is 1. The zero-order chi connectivity index (χ0) is 11.5. The van der Waals surface area contributed by atoms with E-state index in [1.54, 1.807) is 6.20 Å². The van der Waals surface area contributed by atoms with Crippen molar-refractivity contribution in [2.75, 3.05) is 11.1 Å². The molecule has 0 atom stereocenters. The molecule has 0 saturated carbocycles. The van der Waals surface area contributed by atoms with Crippen LogP contribution in [0.5, 0.6) is 0 Å². The number of aromatic nitrogens is 2. The monoisotopic (exact) mass is 234 g/mol. The Labute approximate surface area is 98.7 Å². The maximum absolute atomic E-state index is 5.69. The summed E-state index contributed by atoms with van der Waals surface area (Å²) in [6.45, 7) is 4.80. The van der Waals surface area contributed by atoms with Crippen molar-refractivity contribution < 1.29 is 0 Å². The Kier molecular flexibility index (Phi) is 3.05. The molecule has 2 heterocycles. The lowest BCUT2D eigenvalue weighted by atomic mass is 10.1. The van der Waals surface area contributed by atoms with E-state index >= 15 is 0 Å². The summed E-state index contributed by atoms with van der Waals surface area (Å²) in [5.41, 5.74) is 9.14. The molecule has 0 aliphatic rings. The number of pyridine rings is 1. The van der Waals surface area contributed by atoms with Crippen molar-refractivity contribution in [3.05, 3.63) is 35.2 Å². The first-order valence-electron chi connectivity index (χ1n) is 5.03. The van der Waals surface area contributed by atoms with Crippen molar-refractivity contribution in [3.8, 4) is 0 Å². The Hall–Kier alpha value is -1.62. The fraction of sp³-hybridized carbons (Fsp3) is 0.273. The van der Waals surface area contributed by atoms with Gasteiger partial charge in [0.25, 0.3) is 0 Å². The second-order valence-electron chi connectivity index (χ2n) is 3.68. The van der Waals surface area contributed by atoms with Gasteiger partial charge in [-0.3, -0.25) is 4.98 Å². The number of aryl methyl sites for hydroxylation is 1. The molecule has 4 nitrogen and oxygen atoms in total. The van der Waals surface area contributed by atoms with Crippen molar-refractivity contribution in [2.45, 2.75) is 20.4 Å². The Morgan fingerprint density at radius 1 is 1.44 bits per heavy atom. The maximum Gasteiger partial charge on any atom is 0.142 e. The summed E-state index contributed by atoms with van der Waals surface area (Å²) >= 11 is 1.40. The van der Waals surface area contributed by atoms with Crippen LogP contribution in [0.1, 0.15) is 16.7 Å². The second-order valence-corrected chi connectivity index (χ2v) is 4.45. The number of nitrogens with zero attached hydrogens (tertiary/aromatic N) is 2. The lowest BCUT2D eigenvalue weighted by Gasteiger charge is -2.06. The molecule has 0 aliphatic carbocycles. The van der Waals surface area contributed by atoms with Gasteiger partial charge in [-0.1, -0.05) is 0 Å². The summed E-state index contributed by atoms with van der Waals surface area (Å²) in [5.74, 6) is 0.610. The van der Waals surface area contributed by atoms with E-state index in [1.807, 2.05) is 19.2 Å². The van der Waals surface area contributed by atoms with Crippen LogP contribution in [0.15, 0.2) is 18.5 Å². The molecule has 0 radical (unpaired) electrons. The zero-order valence-corrected chi connectivity index (χ0v) is 10.1. The van der Waals surface area contributed by atoms with E-state index in [1.165, 1.54) is 22.7 Å². The fourth-order valence-corrected chi connectivity index (χ4v) is 2.09. The number of hydrogen-bond donors (Lipinski definition) is 2. The predicted octanol–water partition coefficient (Wildman–Crippen LogP) is 2.35. The Bertz CT molecular complexity index is 492. The van der Waals surface area contributed by atoms with Gasteiger partial charge in [-0.25, -0.2) is 0 Å². The fourth-order valence-electron chi connectivity index (χ4n) is 1.39. The van der Waals surface area contributed by atoms with Crippen molar-refractivity contribution in [1.82, 2.24) is 9.36 Å². The van der Waals surface area contributed by atoms with Crippen molar-refractivity contribution in [3.63, 3.8) is 0 Å². The van der Waals surface area contributed by atoms with Crippen LogP contribution < -0.4 is 11.1 Å². The molecular formula is C11H14N4S. The van der Waals surface area contributed by atoms with Crippen LogP contribution in [0.3, 0.4) is 0 Å². The Balaban J connectivity index is 2.08. The first-order chi connectivity index (χ1) is 7.68. The highest BCUT2D eigenvalue weighted by molar-refractivity contribution is 7.10. The summed E-state index contributed by atoms with van der Waals surface area (Å²) in [4.78, 5) is 4.06. The molecule has 2 aromatic rings. The third-order valence-electron chi connectivity index (χ3n) is 2.54. The molecule has 0 aliphatic heterocycles. The standard InChI is InChI=1S/C11H14N4S/c1-7-5-13-4-3-9(7)6-14-11-8(2)10(12)15-16-11/h3-5,14H,6H2,1-2H3,(H2,12,15). The zero-order valence-electron chi connectivity index (χ0n) is 9.32. The minimum atomic E-state index is 0.610. The molecule has 2 rings (SSSR count). The van der Waals surface area contributed by atoms with E-state index in [2.05, 4.69) is 21.6 Å². The van der Waals surface area contributed by atoms with Gasteiger partial charge in [0.2, 0.25) is 0 Å². The van der Waals surface area contributed by atoms with Gasteiger partial charge in [0.1, 0.15) is 10.8 Å². The quantitative estimate of drug-likeness (QED) is 0.855. The first kappa shape index (κ1) is 10.9. The lowest BCUT2D eigenvalue weighted by Crippen LogP contribution is -2.01. The highest BCUT2D eigenvalue weighted by Gasteiger charge is 2.06. The summed E-state index contributed by atoms with van der Waals surface area (Å²) in [7, 11) is 0. The molecule has 0 unspecified atom stereocenters. The van der Waals surface area contributed by atoms with Crippen LogP contribution in [0.4, 0.5) is 10.8 Å². The largest absolute Gasteiger partial charge is 0.383 e. The average molecular weight is 234 g/mol. The molecular weight excluding hydrogens is 220 g/mol. The smallest absolute Gasteiger partial charge is 0.142 e. The average Bonchev–Trinajstić information content (AvgIpc) is 2.59. The van der Waals surface area contributed by atoms with Gasteiger partial charge in [-0.15, -0.1) is 0 Å². The topological polar surface area (TPSA) is 63.8 Å². The van der Waals surface area contributed by atoms with E-state index < -0.39 is 0 Å². The van der Waals surface area contributed by atoms with E-state index in [0.29, 0.717) is 5.82 Å². The predicted molar refractivity (Wildman–Crippen MR) is 67.6 cm³/mol. The summed E-state index contributed by atoms with van der Waals surface area (Å²) in [5, 5.41) is 4.37. The molecule has 0 spiro atoms. The van der Waals surface area contributed by atoms with Crippen LogP contribution in [-0.4, -0.2) is 9.36 Å². The van der Waals surface area contributed by atoms with Gasteiger partial charge in [-0.05, 0) is 42.6 Å². The van der Waals surface area contributed by atoms with Gasteiger partial charge < -0.3 is 11.1 Å². The van der Waals surface area contributed by atoms with E-state index in [0.717, 1.165) is 17.1 Å². The normalized spacial score (nSPS) is 10.4. The molecule has 0 aromatic carbocycles. The SMILES string of the molecule is Cc1cnccc1CNc1snc(N)c1C.